The topological polar surface area (TPSA) is 91.4 Å². The van der Waals surface area contributed by atoms with Gasteiger partial charge in [0.2, 0.25) is 5.91 Å². The molecule has 0 unspecified atom stereocenters. The van der Waals surface area contributed by atoms with E-state index in [2.05, 4.69) is 10.2 Å². The second kappa shape index (κ2) is 9.85. The lowest BCUT2D eigenvalue weighted by Gasteiger charge is -2.23. The van der Waals surface area contributed by atoms with Crippen LogP contribution >= 0.6 is 0 Å². The average molecular weight is 479 g/mol. The number of anilines is 2. The highest BCUT2D eigenvalue weighted by atomic mass is 16.6. The maximum Gasteiger partial charge on any atom is 0.414 e. The number of fused-ring (bicyclic) bond motifs is 1. The van der Waals surface area contributed by atoms with Crippen molar-refractivity contribution in [2.75, 3.05) is 49.1 Å². The van der Waals surface area contributed by atoms with Crippen LogP contribution in [-0.4, -0.2) is 68.4 Å². The number of ether oxygens (including phenoxy) is 2. The van der Waals surface area contributed by atoms with Gasteiger partial charge in [-0.3, -0.25) is 9.69 Å². The molecule has 3 atom stereocenters. The fourth-order valence-corrected chi connectivity index (χ4v) is 5.10. The number of hydrogen-bond acceptors (Lipinski definition) is 6. The molecule has 2 aromatic carbocycles. The summed E-state index contributed by atoms with van der Waals surface area (Å²) in [6.45, 7) is 5.64. The van der Waals surface area contributed by atoms with Gasteiger partial charge in [-0.15, -0.1) is 0 Å². The molecule has 0 bridgehead atoms. The molecule has 2 aromatic rings. The monoisotopic (exact) mass is 478 g/mol. The van der Waals surface area contributed by atoms with E-state index >= 15 is 0 Å². The quantitative estimate of drug-likeness (QED) is 0.687. The van der Waals surface area contributed by atoms with Gasteiger partial charge in [-0.1, -0.05) is 30.3 Å². The van der Waals surface area contributed by atoms with E-state index in [1.165, 1.54) is 6.92 Å². The van der Waals surface area contributed by atoms with Crippen molar-refractivity contribution < 1.29 is 23.9 Å². The second-order valence-electron chi connectivity index (χ2n) is 9.44. The van der Waals surface area contributed by atoms with Crippen LogP contribution in [0.5, 0.6) is 0 Å². The molecule has 3 aliphatic rings. The lowest BCUT2D eigenvalue weighted by atomic mass is 10.0. The maximum absolute atomic E-state index is 12.5. The zero-order chi connectivity index (χ0) is 24.4. The number of cyclic esters (lactones) is 1. The highest BCUT2D eigenvalue weighted by Gasteiger charge is 2.42. The van der Waals surface area contributed by atoms with Gasteiger partial charge in [0.25, 0.3) is 0 Å². The van der Waals surface area contributed by atoms with Gasteiger partial charge in [0.15, 0.2) is 0 Å². The minimum Gasteiger partial charge on any atom is -0.445 e. The Labute approximate surface area is 204 Å². The summed E-state index contributed by atoms with van der Waals surface area (Å²) in [5.41, 5.74) is 2.86. The minimum atomic E-state index is -0.400. The van der Waals surface area contributed by atoms with E-state index in [1.807, 2.05) is 59.5 Å². The Morgan fingerprint density at radius 2 is 1.60 bits per heavy atom. The predicted octanol–water partition coefficient (Wildman–Crippen LogP) is 2.85. The van der Waals surface area contributed by atoms with Crippen molar-refractivity contribution in [1.82, 2.24) is 10.2 Å². The van der Waals surface area contributed by atoms with Crippen LogP contribution in [-0.2, 0) is 20.9 Å². The van der Waals surface area contributed by atoms with Crippen molar-refractivity contribution in [2.24, 2.45) is 11.8 Å². The van der Waals surface area contributed by atoms with Gasteiger partial charge in [0, 0.05) is 56.3 Å². The first-order chi connectivity index (χ1) is 17.0. The molecule has 35 heavy (non-hydrogen) atoms. The van der Waals surface area contributed by atoms with Crippen LogP contribution < -0.4 is 15.1 Å². The predicted molar refractivity (Wildman–Crippen MR) is 130 cm³/mol. The van der Waals surface area contributed by atoms with E-state index in [0.29, 0.717) is 44.6 Å². The van der Waals surface area contributed by atoms with Crippen molar-refractivity contribution in [3.63, 3.8) is 0 Å². The summed E-state index contributed by atoms with van der Waals surface area (Å²) in [7, 11) is 0. The smallest absolute Gasteiger partial charge is 0.414 e. The van der Waals surface area contributed by atoms with Crippen molar-refractivity contribution in [1.29, 1.82) is 0 Å². The summed E-state index contributed by atoms with van der Waals surface area (Å²) in [6.07, 6.45) is -0.997. The molecule has 9 heteroatoms. The number of hydrogen-bond donors (Lipinski definition) is 1. The lowest BCUT2D eigenvalue weighted by Crippen LogP contribution is -2.33. The molecule has 3 saturated heterocycles. The van der Waals surface area contributed by atoms with Crippen molar-refractivity contribution in [3.05, 3.63) is 60.2 Å². The summed E-state index contributed by atoms with van der Waals surface area (Å²) in [5.74, 6) is 0.690. The highest BCUT2D eigenvalue weighted by Crippen LogP contribution is 2.35. The number of carbonyl (C=O) groups is 3. The molecule has 3 heterocycles. The van der Waals surface area contributed by atoms with Crippen LogP contribution in [0, 0.1) is 11.8 Å². The first-order valence-corrected chi connectivity index (χ1v) is 12.0. The highest BCUT2D eigenvalue weighted by molar-refractivity contribution is 5.90. The molecule has 5 rings (SSSR count). The van der Waals surface area contributed by atoms with Gasteiger partial charge >= 0.3 is 12.2 Å². The number of nitrogens with zero attached hydrogens (tertiary/aromatic N) is 3. The van der Waals surface area contributed by atoms with E-state index in [1.54, 1.807) is 4.90 Å². The third-order valence-corrected chi connectivity index (χ3v) is 6.93. The summed E-state index contributed by atoms with van der Waals surface area (Å²) in [6, 6.07) is 17.6. The molecule has 3 aliphatic heterocycles. The van der Waals surface area contributed by atoms with Gasteiger partial charge < -0.3 is 24.6 Å². The normalized spacial score (nSPS) is 23.3. The number of likely N-dealkylation sites (tertiary alicyclic amines) is 1. The summed E-state index contributed by atoms with van der Waals surface area (Å²) < 4.78 is 10.9. The van der Waals surface area contributed by atoms with E-state index in [0.717, 1.165) is 30.0 Å². The first kappa shape index (κ1) is 23.0. The Kier molecular flexibility index (Phi) is 6.48. The summed E-state index contributed by atoms with van der Waals surface area (Å²) in [5, 5.41) is 2.69. The maximum atomic E-state index is 12.5. The van der Waals surface area contributed by atoms with Gasteiger partial charge in [-0.2, -0.15) is 0 Å². The Morgan fingerprint density at radius 3 is 2.26 bits per heavy atom. The second-order valence-corrected chi connectivity index (χ2v) is 9.44. The molecular weight excluding hydrogens is 448 g/mol. The number of rotatable bonds is 6. The summed E-state index contributed by atoms with van der Waals surface area (Å²) in [4.78, 5) is 41.6. The fraction of sp³-hybridized carbons (Fsp3) is 0.423. The van der Waals surface area contributed by atoms with E-state index in [-0.39, 0.29) is 18.1 Å². The van der Waals surface area contributed by atoms with Crippen LogP contribution in [0.25, 0.3) is 0 Å². The zero-order valence-corrected chi connectivity index (χ0v) is 19.8. The van der Waals surface area contributed by atoms with E-state index < -0.39 is 6.09 Å². The number of carbonyl (C=O) groups excluding carboxylic acids is 3. The van der Waals surface area contributed by atoms with Crippen LogP contribution in [0.15, 0.2) is 54.6 Å². The lowest BCUT2D eigenvalue weighted by molar-refractivity contribution is -0.119. The number of nitrogens with one attached hydrogen (secondary N) is 1. The number of amides is 3. The van der Waals surface area contributed by atoms with Crippen molar-refractivity contribution in [3.8, 4) is 0 Å². The molecule has 0 radical (unpaired) electrons. The van der Waals surface area contributed by atoms with Crippen molar-refractivity contribution in [2.45, 2.75) is 19.6 Å². The first-order valence-electron chi connectivity index (χ1n) is 12.0. The Hall–Kier alpha value is -3.75. The summed E-state index contributed by atoms with van der Waals surface area (Å²) >= 11 is 0. The van der Waals surface area contributed by atoms with E-state index in [4.69, 9.17) is 9.47 Å². The Bertz CT molecular complexity index is 1060. The Morgan fingerprint density at radius 1 is 0.943 bits per heavy atom. The molecule has 9 nitrogen and oxygen atoms in total. The average Bonchev–Trinajstić information content (AvgIpc) is 3.55. The third-order valence-electron chi connectivity index (χ3n) is 6.93. The molecule has 0 spiro atoms. The van der Waals surface area contributed by atoms with Gasteiger partial charge in [-0.05, 0) is 29.8 Å². The van der Waals surface area contributed by atoms with Gasteiger partial charge in [0.05, 0.1) is 13.1 Å². The van der Waals surface area contributed by atoms with Crippen LogP contribution in [0.4, 0.5) is 21.0 Å². The van der Waals surface area contributed by atoms with Gasteiger partial charge in [0.1, 0.15) is 12.7 Å². The largest absolute Gasteiger partial charge is 0.445 e. The number of benzene rings is 2. The van der Waals surface area contributed by atoms with Crippen molar-refractivity contribution >= 4 is 29.5 Å². The molecule has 1 N–H and O–H groups in total. The Balaban J connectivity index is 1.11. The van der Waals surface area contributed by atoms with Crippen LogP contribution in [0.2, 0.25) is 0 Å². The molecular formula is C26H30N4O5. The van der Waals surface area contributed by atoms with Crippen LogP contribution in [0.1, 0.15) is 12.5 Å². The molecule has 184 valence electrons. The minimum absolute atomic E-state index is 0.147. The zero-order valence-electron chi connectivity index (χ0n) is 19.8. The van der Waals surface area contributed by atoms with Crippen LogP contribution in [0.3, 0.4) is 0 Å². The van der Waals surface area contributed by atoms with Gasteiger partial charge in [-0.25, -0.2) is 9.59 Å². The fourth-order valence-electron chi connectivity index (χ4n) is 5.10. The molecule has 0 aliphatic carbocycles. The molecule has 3 fully saturated rings. The molecule has 0 aromatic heterocycles. The SMILES string of the molecule is CC(=O)NC[C@H]1CN(c2ccc(N3C[C@H]4CN(C(=O)OCc5ccccc5)C[C@H]4C3)cc2)C(=O)O1. The van der Waals surface area contributed by atoms with E-state index in [9.17, 15) is 14.4 Å². The standard InChI is InChI=1S/C26H30N4O5/c1-18(31)27-11-24-16-30(26(33)35-24)23-9-7-22(8-10-23)28-12-20-14-29(15-21(20)13-28)25(32)34-17-19-5-3-2-4-6-19/h2-10,20-21,24H,11-17H2,1H3,(H,27,31)/t20-,21+,24-/m0/s1. The molecule has 0 saturated carbocycles. The molecule has 3 amide bonds. The third kappa shape index (κ3) is 5.18.